The highest BCUT2D eigenvalue weighted by Gasteiger charge is 2.16. The fraction of sp³-hybridized carbons (Fsp3) is 0.0455. The maximum absolute atomic E-state index is 12.1. The van der Waals surface area contributed by atoms with Crippen molar-refractivity contribution in [3.8, 4) is 17.1 Å². The summed E-state index contributed by atoms with van der Waals surface area (Å²) in [4.78, 5) is 34.1. The Morgan fingerprint density at radius 2 is 1.76 bits per heavy atom. The Balaban J connectivity index is 1.80. The number of hydrogen-bond donors (Lipinski definition) is 3. The Bertz CT molecular complexity index is 1430. The van der Waals surface area contributed by atoms with Gasteiger partial charge in [-0.1, -0.05) is 30.3 Å². The van der Waals surface area contributed by atoms with Crippen LogP contribution in [0.5, 0.6) is 0 Å². The fourth-order valence-corrected chi connectivity index (χ4v) is 3.57. The molecule has 5 rings (SSSR count). The molecule has 29 heavy (non-hydrogen) atoms. The van der Waals surface area contributed by atoms with Crippen molar-refractivity contribution in [3.63, 3.8) is 0 Å². The molecule has 7 heteroatoms. The minimum atomic E-state index is -0.244. The number of carbonyl (C=O) groups excluding carboxylic acids is 1. The normalized spacial score (nSPS) is 11.2. The van der Waals surface area contributed by atoms with E-state index < -0.39 is 0 Å². The van der Waals surface area contributed by atoms with E-state index in [-0.39, 0.29) is 11.6 Å². The Morgan fingerprint density at radius 1 is 0.966 bits per heavy atom. The molecule has 0 aliphatic heterocycles. The van der Waals surface area contributed by atoms with Crippen LogP contribution >= 0.6 is 0 Å². The lowest BCUT2D eigenvalue weighted by Gasteiger charge is -2.10. The minimum absolute atomic E-state index is 0.158. The summed E-state index contributed by atoms with van der Waals surface area (Å²) < 4.78 is 2.03. The van der Waals surface area contributed by atoms with Crippen LogP contribution in [0.15, 0.2) is 71.5 Å². The summed E-state index contributed by atoms with van der Waals surface area (Å²) >= 11 is 0. The molecule has 1 amide bonds. The average molecular weight is 383 g/mol. The molecule has 2 aromatic heterocycles. The largest absolute Gasteiger partial charge is 0.355 e. The maximum Gasteiger partial charge on any atom is 0.323 e. The van der Waals surface area contributed by atoms with E-state index in [1.54, 1.807) is 19.2 Å². The predicted molar refractivity (Wildman–Crippen MR) is 112 cm³/mol. The zero-order chi connectivity index (χ0) is 20.0. The number of fused-ring (bicyclic) bond motifs is 2. The van der Waals surface area contributed by atoms with E-state index >= 15 is 0 Å². The summed E-state index contributed by atoms with van der Waals surface area (Å²) in [7, 11) is 1.60. The van der Waals surface area contributed by atoms with E-state index in [9.17, 15) is 9.59 Å². The van der Waals surface area contributed by atoms with Gasteiger partial charge in [-0.15, -0.1) is 0 Å². The summed E-state index contributed by atoms with van der Waals surface area (Å²) in [6.07, 6.45) is 0. The molecule has 0 aliphatic carbocycles. The van der Waals surface area contributed by atoms with Gasteiger partial charge in [0.1, 0.15) is 5.82 Å². The second kappa shape index (κ2) is 6.49. The zero-order valence-corrected chi connectivity index (χ0v) is 15.6. The molecule has 7 nitrogen and oxygen atoms in total. The number of amides is 1. The lowest BCUT2D eigenvalue weighted by Crippen LogP contribution is -2.17. The molecule has 0 atom stereocenters. The molecule has 0 saturated carbocycles. The molecule has 5 aromatic rings. The number of nitrogens with zero attached hydrogens (tertiary/aromatic N) is 2. The van der Waals surface area contributed by atoms with Crippen molar-refractivity contribution < 1.29 is 4.79 Å². The molecule has 0 unspecified atom stereocenters. The monoisotopic (exact) mass is 383 g/mol. The quantitative estimate of drug-likeness (QED) is 0.446. The van der Waals surface area contributed by atoms with Gasteiger partial charge in [0.15, 0.2) is 0 Å². The third-order valence-corrected chi connectivity index (χ3v) is 4.93. The van der Waals surface area contributed by atoms with Crippen molar-refractivity contribution in [2.75, 3.05) is 7.05 Å². The first-order chi connectivity index (χ1) is 14.1. The van der Waals surface area contributed by atoms with Crippen LogP contribution in [0.3, 0.4) is 0 Å². The Kier molecular flexibility index (Phi) is 3.80. The second-order valence-electron chi connectivity index (χ2n) is 6.73. The summed E-state index contributed by atoms with van der Waals surface area (Å²) in [5.41, 5.74) is 5.17. The Morgan fingerprint density at radius 3 is 2.55 bits per heavy atom. The number of aromatic nitrogens is 4. The molecule has 3 aromatic carbocycles. The van der Waals surface area contributed by atoms with Crippen LogP contribution < -0.4 is 11.0 Å². The maximum atomic E-state index is 12.1. The molecular weight excluding hydrogens is 366 g/mol. The van der Waals surface area contributed by atoms with Crippen LogP contribution in [0.4, 0.5) is 0 Å². The summed E-state index contributed by atoms with van der Waals surface area (Å²) in [6, 6.07) is 21.0. The summed E-state index contributed by atoms with van der Waals surface area (Å²) in [5, 5.41) is 2.64. The van der Waals surface area contributed by atoms with Gasteiger partial charge in [0.2, 0.25) is 0 Å². The smallest absolute Gasteiger partial charge is 0.323 e. The second-order valence-corrected chi connectivity index (χ2v) is 6.73. The lowest BCUT2D eigenvalue weighted by atomic mass is 10.2. The summed E-state index contributed by atoms with van der Waals surface area (Å²) in [6.45, 7) is 0. The van der Waals surface area contributed by atoms with E-state index in [0.717, 1.165) is 33.6 Å². The number of benzene rings is 3. The molecule has 0 radical (unpaired) electrons. The number of H-pyrrole nitrogens is 2. The Hall–Kier alpha value is -4.13. The van der Waals surface area contributed by atoms with Crippen molar-refractivity contribution >= 4 is 28.0 Å². The fourth-order valence-electron chi connectivity index (χ4n) is 3.57. The SMILES string of the molecule is CNC(=O)c1ccc2c(c1)nc(-c1ccccc1)n2-c1ccc2[nH]c(=O)[nH]c2c1. The molecule has 2 heterocycles. The predicted octanol–water partition coefficient (Wildman–Crippen LogP) is 3.22. The van der Waals surface area contributed by atoms with E-state index in [1.807, 2.05) is 59.2 Å². The minimum Gasteiger partial charge on any atom is -0.355 e. The average Bonchev–Trinajstić information content (AvgIpc) is 3.32. The lowest BCUT2D eigenvalue weighted by molar-refractivity contribution is 0.0963. The molecule has 3 N–H and O–H groups in total. The van der Waals surface area contributed by atoms with Gasteiger partial charge in [-0.05, 0) is 36.4 Å². The number of aromatic amines is 2. The van der Waals surface area contributed by atoms with Crippen LogP contribution in [-0.4, -0.2) is 32.5 Å². The molecule has 0 saturated heterocycles. The summed E-state index contributed by atoms with van der Waals surface area (Å²) in [5.74, 6) is 0.598. The van der Waals surface area contributed by atoms with Crippen LogP contribution in [-0.2, 0) is 0 Å². The van der Waals surface area contributed by atoms with Crippen molar-refractivity contribution in [1.29, 1.82) is 0 Å². The van der Waals surface area contributed by atoms with Crippen molar-refractivity contribution in [2.45, 2.75) is 0 Å². The highest BCUT2D eigenvalue weighted by molar-refractivity contribution is 5.98. The van der Waals surface area contributed by atoms with Gasteiger partial charge >= 0.3 is 5.69 Å². The van der Waals surface area contributed by atoms with Crippen LogP contribution in [0, 0.1) is 0 Å². The van der Waals surface area contributed by atoms with Crippen LogP contribution in [0.2, 0.25) is 0 Å². The topological polar surface area (TPSA) is 95.6 Å². The standard InChI is InChI=1S/C22H17N5O2/c1-23-21(28)14-7-10-19-18(11-14)24-20(13-5-3-2-4-6-13)27(19)15-8-9-16-17(12-15)26-22(29)25-16/h2-12H,1H3,(H,23,28)(H2,25,26,29). The third-order valence-electron chi connectivity index (χ3n) is 4.93. The van der Waals surface area contributed by atoms with Gasteiger partial charge < -0.3 is 15.3 Å². The number of nitrogens with one attached hydrogen (secondary N) is 3. The first-order valence-electron chi connectivity index (χ1n) is 9.16. The van der Waals surface area contributed by atoms with E-state index in [4.69, 9.17) is 4.98 Å². The van der Waals surface area contributed by atoms with E-state index in [2.05, 4.69) is 15.3 Å². The van der Waals surface area contributed by atoms with Crippen LogP contribution in [0.1, 0.15) is 10.4 Å². The molecule has 0 bridgehead atoms. The molecule has 142 valence electrons. The third kappa shape index (κ3) is 2.80. The van der Waals surface area contributed by atoms with Crippen molar-refractivity contribution in [1.82, 2.24) is 24.8 Å². The molecular formula is C22H17N5O2. The van der Waals surface area contributed by atoms with Crippen LogP contribution in [0.25, 0.3) is 39.1 Å². The number of rotatable bonds is 3. The van der Waals surface area contributed by atoms with Crippen molar-refractivity contribution in [3.05, 3.63) is 82.8 Å². The van der Waals surface area contributed by atoms with Gasteiger partial charge in [-0.2, -0.15) is 0 Å². The molecule has 0 fully saturated rings. The van der Waals surface area contributed by atoms with Gasteiger partial charge in [-0.25, -0.2) is 9.78 Å². The first kappa shape index (κ1) is 17.0. The van der Waals surface area contributed by atoms with E-state index in [1.165, 1.54) is 0 Å². The Labute approximate surface area is 165 Å². The highest BCUT2D eigenvalue weighted by atomic mass is 16.1. The highest BCUT2D eigenvalue weighted by Crippen LogP contribution is 2.30. The zero-order valence-electron chi connectivity index (χ0n) is 15.6. The van der Waals surface area contributed by atoms with Gasteiger partial charge in [0.25, 0.3) is 5.91 Å². The van der Waals surface area contributed by atoms with E-state index in [0.29, 0.717) is 11.1 Å². The number of imidazole rings is 2. The molecule has 0 aliphatic rings. The molecule has 0 spiro atoms. The van der Waals surface area contributed by atoms with Gasteiger partial charge in [0.05, 0.1) is 22.1 Å². The number of hydrogen-bond acceptors (Lipinski definition) is 3. The number of carbonyl (C=O) groups is 1. The van der Waals surface area contributed by atoms with Crippen molar-refractivity contribution in [2.24, 2.45) is 0 Å². The van der Waals surface area contributed by atoms with Gasteiger partial charge in [0, 0.05) is 23.9 Å². The van der Waals surface area contributed by atoms with Gasteiger partial charge in [-0.3, -0.25) is 9.36 Å². The first-order valence-corrected chi connectivity index (χ1v) is 9.16.